The summed E-state index contributed by atoms with van der Waals surface area (Å²) in [6.07, 6.45) is -0.348. The second-order valence-electron chi connectivity index (χ2n) is 4.63. The lowest BCUT2D eigenvalue weighted by Gasteiger charge is -2.25. The van der Waals surface area contributed by atoms with Crippen LogP contribution in [0.1, 0.15) is 24.8 Å². The zero-order chi connectivity index (χ0) is 13.1. The highest BCUT2D eigenvalue weighted by atomic mass is 19.3. The van der Waals surface area contributed by atoms with E-state index in [2.05, 4.69) is 0 Å². The predicted molar refractivity (Wildman–Crippen MR) is 68.1 cm³/mol. The summed E-state index contributed by atoms with van der Waals surface area (Å²) < 4.78 is 31.5. The van der Waals surface area contributed by atoms with Crippen molar-refractivity contribution in [2.45, 2.75) is 25.4 Å². The van der Waals surface area contributed by atoms with Crippen LogP contribution in [0.2, 0.25) is 0 Å². The lowest BCUT2D eigenvalue weighted by atomic mass is 10.1. The SMILES string of the molecule is CN(CC1CCCO1)c1ccc(N)cc1C(F)F. The minimum Gasteiger partial charge on any atom is -0.399 e. The van der Waals surface area contributed by atoms with E-state index in [0.717, 1.165) is 19.4 Å². The third kappa shape index (κ3) is 2.90. The van der Waals surface area contributed by atoms with Crippen LogP contribution in [0.5, 0.6) is 0 Å². The highest BCUT2D eigenvalue weighted by Gasteiger charge is 2.21. The fraction of sp³-hybridized carbons (Fsp3) is 0.538. The highest BCUT2D eigenvalue weighted by molar-refractivity contribution is 5.60. The number of rotatable bonds is 4. The minimum atomic E-state index is -2.52. The first kappa shape index (κ1) is 13.1. The summed E-state index contributed by atoms with van der Waals surface area (Å²) in [7, 11) is 1.80. The Labute approximate surface area is 106 Å². The van der Waals surface area contributed by atoms with Gasteiger partial charge in [0.25, 0.3) is 6.43 Å². The van der Waals surface area contributed by atoms with Gasteiger partial charge in [-0.3, -0.25) is 0 Å². The fourth-order valence-electron chi connectivity index (χ4n) is 2.29. The Kier molecular flexibility index (Phi) is 4.01. The zero-order valence-electron chi connectivity index (χ0n) is 10.4. The van der Waals surface area contributed by atoms with Crippen LogP contribution in [-0.2, 0) is 4.74 Å². The molecule has 18 heavy (non-hydrogen) atoms. The van der Waals surface area contributed by atoms with Gasteiger partial charge in [0.1, 0.15) is 0 Å². The molecule has 1 aliphatic heterocycles. The maximum absolute atomic E-state index is 13.0. The van der Waals surface area contributed by atoms with Crippen LogP contribution in [0.3, 0.4) is 0 Å². The molecule has 100 valence electrons. The number of ether oxygens (including phenoxy) is 1. The lowest BCUT2D eigenvalue weighted by Crippen LogP contribution is -2.29. The number of nitrogens with zero attached hydrogens (tertiary/aromatic N) is 1. The monoisotopic (exact) mass is 256 g/mol. The molecular formula is C13H18F2N2O. The predicted octanol–water partition coefficient (Wildman–Crippen LogP) is 2.82. The topological polar surface area (TPSA) is 38.5 Å². The summed E-state index contributed by atoms with van der Waals surface area (Å²) >= 11 is 0. The molecule has 1 unspecified atom stereocenters. The molecule has 5 heteroatoms. The van der Waals surface area contributed by atoms with E-state index in [9.17, 15) is 8.78 Å². The Morgan fingerprint density at radius 2 is 2.28 bits per heavy atom. The van der Waals surface area contributed by atoms with Crippen LogP contribution >= 0.6 is 0 Å². The molecule has 0 radical (unpaired) electrons. The number of alkyl halides is 2. The van der Waals surface area contributed by atoms with E-state index in [0.29, 0.717) is 17.9 Å². The molecule has 0 spiro atoms. The van der Waals surface area contributed by atoms with Crippen molar-refractivity contribution in [2.75, 3.05) is 30.8 Å². The van der Waals surface area contributed by atoms with Gasteiger partial charge in [-0.15, -0.1) is 0 Å². The zero-order valence-corrected chi connectivity index (χ0v) is 10.4. The number of benzene rings is 1. The maximum Gasteiger partial charge on any atom is 0.265 e. The Morgan fingerprint density at radius 3 is 2.89 bits per heavy atom. The van der Waals surface area contributed by atoms with Crippen molar-refractivity contribution < 1.29 is 13.5 Å². The third-order valence-electron chi connectivity index (χ3n) is 3.20. The first-order chi connectivity index (χ1) is 8.58. The van der Waals surface area contributed by atoms with Crippen LogP contribution in [0.15, 0.2) is 18.2 Å². The van der Waals surface area contributed by atoms with E-state index >= 15 is 0 Å². The van der Waals surface area contributed by atoms with Crippen molar-refractivity contribution in [1.29, 1.82) is 0 Å². The summed E-state index contributed by atoms with van der Waals surface area (Å²) in [5.74, 6) is 0. The second kappa shape index (κ2) is 5.52. The number of hydrogen-bond donors (Lipinski definition) is 1. The first-order valence-corrected chi connectivity index (χ1v) is 6.08. The van der Waals surface area contributed by atoms with E-state index in [1.807, 2.05) is 4.90 Å². The summed E-state index contributed by atoms with van der Waals surface area (Å²) in [4.78, 5) is 1.82. The van der Waals surface area contributed by atoms with E-state index in [-0.39, 0.29) is 11.7 Å². The van der Waals surface area contributed by atoms with Gasteiger partial charge in [0.05, 0.1) is 6.10 Å². The van der Waals surface area contributed by atoms with Crippen LogP contribution < -0.4 is 10.6 Å². The van der Waals surface area contributed by atoms with E-state index in [4.69, 9.17) is 10.5 Å². The van der Waals surface area contributed by atoms with Crippen molar-refractivity contribution in [2.24, 2.45) is 0 Å². The van der Waals surface area contributed by atoms with E-state index in [1.165, 1.54) is 6.07 Å². The van der Waals surface area contributed by atoms with Crippen molar-refractivity contribution >= 4 is 11.4 Å². The van der Waals surface area contributed by atoms with Crippen LogP contribution in [0.4, 0.5) is 20.2 Å². The fourth-order valence-corrected chi connectivity index (χ4v) is 2.29. The van der Waals surface area contributed by atoms with Crippen molar-refractivity contribution in [3.8, 4) is 0 Å². The first-order valence-electron chi connectivity index (χ1n) is 6.08. The maximum atomic E-state index is 13.0. The smallest absolute Gasteiger partial charge is 0.265 e. The third-order valence-corrected chi connectivity index (χ3v) is 3.20. The van der Waals surface area contributed by atoms with Gasteiger partial charge in [-0.05, 0) is 31.0 Å². The molecule has 1 atom stereocenters. The molecule has 1 aliphatic rings. The van der Waals surface area contributed by atoms with Crippen molar-refractivity contribution in [1.82, 2.24) is 0 Å². The summed E-state index contributed by atoms with van der Waals surface area (Å²) in [5.41, 5.74) is 6.42. The van der Waals surface area contributed by atoms with Gasteiger partial charge in [-0.2, -0.15) is 0 Å². The lowest BCUT2D eigenvalue weighted by molar-refractivity contribution is 0.116. The van der Waals surface area contributed by atoms with Gasteiger partial charge >= 0.3 is 0 Å². The van der Waals surface area contributed by atoms with Gasteiger partial charge in [-0.25, -0.2) is 8.78 Å². The van der Waals surface area contributed by atoms with E-state index in [1.54, 1.807) is 19.2 Å². The number of nitrogens with two attached hydrogens (primary N) is 1. The van der Waals surface area contributed by atoms with Crippen LogP contribution in [0.25, 0.3) is 0 Å². The van der Waals surface area contributed by atoms with Gasteiger partial charge in [0.15, 0.2) is 0 Å². The van der Waals surface area contributed by atoms with Crippen LogP contribution in [-0.4, -0.2) is 26.3 Å². The van der Waals surface area contributed by atoms with Gasteiger partial charge in [0.2, 0.25) is 0 Å². The van der Waals surface area contributed by atoms with Gasteiger partial charge in [0, 0.05) is 37.1 Å². The number of hydrogen-bond acceptors (Lipinski definition) is 3. The quantitative estimate of drug-likeness (QED) is 0.842. The molecule has 0 aliphatic carbocycles. The average Bonchev–Trinajstić information content (AvgIpc) is 2.81. The summed E-state index contributed by atoms with van der Waals surface area (Å²) in [6.45, 7) is 1.39. The Balaban J connectivity index is 2.15. The van der Waals surface area contributed by atoms with Gasteiger partial charge < -0.3 is 15.4 Å². The normalized spacial score (nSPS) is 19.4. The molecule has 1 aromatic carbocycles. The molecule has 1 saturated heterocycles. The Bertz CT molecular complexity index is 406. The summed E-state index contributed by atoms with van der Waals surface area (Å²) in [5, 5.41) is 0. The molecule has 1 fully saturated rings. The Hall–Kier alpha value is -1.36. The number of likely N-dealkylation sites (N-methyl/N-ethyl adjacent to an activating group) is 1. The molecule has 0 amide bonds. The minimum absolute atomic E-state index is 0.0181. The Morgan fingerprint density at radius 1 is 1.50 bits per heavy atom. The molecule has 3 nitrogen and oxygen atoms in total. The molecule has 1 aromatic rings. The largest absolute Gasteiger partial charge is 0.399 e. The van der Waals surface area contributed by atoms with Crippen molar-refractivity contribution in [3.05, 3.63) is 23.8 Å². The second-order valence-corrected chi connectivity index (χ2v) is 4.63. The van der Waals surface area contributed by atoms with Crippen molar-refractivity contribution in [3.63, 3.8) is 0 Å². The number of halogens is 2. The van der Waals surface area contributed by atoms with Crippen LogP contribution in [0, 0.1) is 0 Å². The van der Waals surface area contributed by atoms with E-state index < -0.39 is 6.43 Å². The molecule has 0 bridgehead atoms. The standard InChI is InChI=1S/C13H18F2N2O/c1-17(8-10-3-2-6-18-10)12-5-4-9(16)7-11(12)13(14)15/h4-5,7,10,13H,2-3,6,8,16H2,1H3. The number of anilines is 2. The molecule has 2 N–H and O–H groups in total. The molecular weight excluding hydrogens is 238 g/mol. The number of nitrogen functional groups attached to an aromatic ring is 1. The summed E-state index contributed by atoms with van der Waals surface area (Å²) in [6, 6.07) is 4.63. The highest BCUT2D eigenvalue weighted by Crippen LogP contribution is 2.31. The van der Waals surface area contributed by atoms with Gasteiger partial charge in [-0.1, -0.05) is 0 Å². The molecule has 0 aromatic heterocycles. The molecule has 2 rings (SSSR count). The molecule has 0 saturated carbocycles. The average molecular weight is 256 g/mol. The molecule has 1 heterocycles.